The van der Waals surface area contributed by atoms with Crippen molar-refractivity contribution >= 4 is 21.8 Å². The van der Waals surface area contributed by atoms with Crippen LogP contribution in [-0.2, 0) is 6.42 Å². The van der Waals surface area contributed by atoms with Gasteiger partial charge in [0.1, 0.15) is 0 Å². The molecule has 0 fully saturated rings. The molecule has 0 aliphatic carbocycles. The lowest BCUT2D eigenvalue weighted by Crippen LogP contribution is -2.01. The maximum atomic E-state index is 5.98. The van der Waals surface area contributed by atoms with Gasteiger partial charge in [-0.1, -0.05) is 48.5 Å². The summed E-state index contributed by atoms with van der Waals surface area (Å²) in [7, 11) is 3.30. The number of para-hydroxylation sites is 1. The van der Waals surface area contributed by atoms with E-state index < -0.39 is 0 Å². The van der Waals surface area contributed by atoms with Crippen molar-refractivity contribution < 1.29 is 18.9 Å². The number of ether oxygens (including phenoxy) is 4. The second-order valence-electron chi connectivity index (χ2n) is 9.80. The van der Waals surface area contributed by atoms with E-state index in [9.17, 15) is 0 Å². The van der Waals surface area contributed by atoms with Crippen LogP contribution in [0, 0.1) is 0 Å². The molecule has 4 aromatic carbocycles. The molecule has 0 amide bonds. The normalized spacial score (nSPS) is 11.1. The third-order valence-electron chi connectivity index (χ3n) is 7.23. The largest absolute Gasteiger partial charge is 0.493 e. The molecular formula is C35H33N3O4. The van der Waals surface area contributed by atoms with Gasteiger partial charge in [-0.2, -0.15) is 5.10 Å². The van der Waals surface area contributed by atoms with Gasteiger partial charge in [0.25, 0.3) is 0 Å². The van der Waals surface area contributed by atoms with Crippen molar-refractivity contribution in [2.45, 2.75) is 20.3 Å². The maximum absolute atomic E-state index is 5.98. The summed E-state index contributed by atoms with van der Waals surface area (Å²) in [4.78, 5) is 5.33. The standard InChI is InChI=1S/C35H33N3O4/c1-5-41-29-18-17-24(20-32(29)42-6-2)34-27-22-31(40-4)30(39-3)21-26(27)33-28(19-23-13-9-7-10-14-23)37-38(35(33)36-34)25-15-11-8-12-16-25/h7-18,20-22H,5-6,19H2,1-4H3. The molecule has 0 saturated heterocycles. The van der Waals surface area contributed by atoms with Crippen LogP contribution in [0.4, 0.5) is 0 Å². The molecule has 7 heteroatoms. The van der Waals surface area contributed by atoms with Crippen molar-refractivity contribution in [3.8, 4) is 39.9 Å². The monoisotopic (exact) mass is 559 g/mol. The fraction of sp³-hybridized carbons (Fsp3) is 0.200. The number of fused-ring (bicyclic) bond motifs is 3. The first kappa shape index (κ1) is 27.1. The van der Waals surface area contributed by atoms with Gasteiger partial charge in [-0.3, -0.25) is 0 Å². The molecule has 0 aliphatic heterocycles. The van der Waals surface area contributed by atoms with Gasteiger partial charge in [0, 0.05) is 22.8 Å². The van der Waals surface area contributed by atoms with Crippen molar-refractivity contribution in [3.63, 3.8) is 0 Å². The summed E-state index contributed by atoms with van der Waals surface area (Å²) in [6.07, 6.45) is 0.652. The van der Waals surface area contributed by atoms with Crippen molar-refractivity contribution in [2.24, 2.45) is 0 Å². The van der Waals surface area contributed by atoms with Gasteiger partial charge in [-0.05, 0) is 61.9 Å². The van der Waals surface area contributed by atoms with Gasteiger partial charge in [0.15, 0.2) is 28.6 Å². The van der Waals surface area contributed by atoms with Crippen molar-refractivity contribution in [1.82, 2.24) is 14.8 Å². The minimum Gasteiger partial charge on any atom is -0.493 e. The highest BCUT2D eigenvalue weighted by Gasteiger charge is 2.23. The Hall–Kier alpha value is -5.04. The van der Waals surface area contributed by atoms with E-state index in [1.807, 2.05) is 85.3 Å². The van der Waals surface area contributed by atoms with E-state index in [0.717, 1.165) is 44.4 Å². The van der Waals surface area contributed by atoms with Crippen molar-refractivity contribution in [1.29, 1.82) is 0 Å². The summed E-state index contributed by atoms with van der Waals surface area (Å²) in [5.74, 6) is 2.65. The molecule has 42 heavy (non-hydrogen) atoms. The summed E-state index contributed by atoms with van der Waals surface area (Å²) in [5, 5.41) is 8.04. The van der Waals surface area contributed by atoms with E-state index in [-0.39, 0.29) is 0 Å². The minimum atomic E-state index is 0.519. The molecule has 0 bridgehead atoms. The average molecular weight is 560 g/mol. The zero-order chi connectivity index (χ0) is 29.1. The smallest absolute Gasteiger partial charge is 0.164 e. The molecule has 0 atom stereocenters. The van der Waals surface area contributed by atoms with Crippen LogP contribution in [0.15, 0.2) is 91.0 Å². The minimum absolute atomic E-state index is 0.519. The zero-order valence-electron chi connectivity index (χ0n) is 24.3. The Morgan fingerprint density at radius 2 is 1.31 bits per heavy atom. The summed E-state index contributed by atoms with van der Waals surface area (Å²) in [6.45, 7) is 4.99. The Bertz CT molecular complexity index is 1850. The van der Waals surface area contributed by atoms with Gasteiger partial charge >= 0.3 is 0 Å². The Labute approximate surface area is 245 Å². The number of hydrogen-bond donors (Lipinski definition) is 0. The number of rotatable bonds is 10. The van der Waals surface area contributed by atoms with Gasteiger partial charge in [-0.15, -0.1) is 0 Å². The quantitative estimate of drug-likeness (QED) is 0.172. The van der Waals surface area contributed by atoms with Gasteiger partial charge in [0.2, 0.25) is 0 Å². The van der Waals surface area contributed by atoms with Crippen LogP contribution in [0.1, 0.15) is 25.1 Å². The Kier molecular flexibility index (Phi) is 7.64. The summed E-state index contributed by atoms with van der Waals surface area (Å²) < 4.78 is 25.3. The molecule has 2 heterocycles. The number of nitrogens with zero attached hydrogens (tertiary/aromatic N) is 3. The highest BCUT2D eigenvalue weighted by molar-refractivity contribution is 6.12. The Morgan fingerprint density at radius 3 is 1.98 bits per heavy atom. The lowest BCUT2D eigenvalue weighted by Gasteiger charge is -2.16. The fourth-order valence-electron chi connectivity index (χ4n) is 5.36. The van der Waals surface area contributed by atoms with Crippen LogP contribution >= 0.6 is 0 Å². The molecule has 7 nitrogen and oxygen atoms in total. The Morgan fingerprint density at radius 1 is 0.667 bits per heavy atom. The van der Waals surface area contributed by atoms with E-state index >= 15 is 0 Å². The highest BCUT2D eigenvalue weighted by Crippen LogP contribution is 2.42. The zero-order valence-corrected chi connectivity index (χ0v) is 24.3. The summed E-state index contributed by atoms with van der Waals surface area (Å²) in [6, 6.07) is 30.5. The molecule has 0 N–H and O–H groups in total. The molecule has 0 radical (unpaired) electrons. The maximum Gasteiger partial charge on any atom is 0.164 e. The number of pyridine rings is 1. The van der Waals surface area contributed by atoms with E-state index in [1.54, 1.807) is 14.2 Å². The third kappa shape index (κ3) is 4.98. The number of hydrogen-bond acceptors (Lipinski definition) is 6. The predicted octanol–water partition coefficient (Wildman–Crippen LogP) is 7.65. The molecule has 212 valence electrons. The topological polar surface area (TPSA) is 67.6 Å². The molecule has 2 aromatic heterocycles. The first-order valence-corrected chi connectivity index (χ1v) is 14.1. The van der Waals surface area contributed by atoms with Gasteiger partial charge in [0.05, 0.1) is 49.9 Å². The van der Waals surface area contributed by atoms with E-state index in [0.29, 0.717) is 42.6 Å². The van der Waals surface area contributed by atoms with Gasteiger partial charge in [-0.25, -0.2) is 9.67 Å². The molecule has 0 unspecified atom stereocenters. The predicted molar refractivity (Wildman–Crippen MR) is 166 cm³/mol. The SMILES string of the molecule is CCOc1ccc(-c2nc3c(c(Cc4ccccc4)nn3-c3ccccc3)c3cc(OC)c(OC)cc23)cc1OCC. The molecule has 0 aliphatic rings. The second-order valence-corrected chi connectivity index (χ2v) is 9.80. The molecule has 6 rings (SSSR count). The fourth-order valence-corrected chi connectivity index (χ4v) is 5.36. The molecule has 0 saturated carbocycles. The van der Waals surface area contributed by atoms with Gasteiger partial charge < -0.3 is 18.9 Å². The summed E-state index contributed by atoms with van der Waals surface area (Å²) in [5.41, 5.74) is 5.47. The lowest BCUT2D eigenvalue weighted by atomic mass is 9.98. The first-order valence-electron chi connectivity index (χ1n) is 14.1. The second kappa shape index (κ2) is 11.8. The van der Waals surface area contributed by atoms with Crippen molar-refractivity contribution in [2.75, 3.05) is 27.4 Å². The lowest BCUT2D eigenvalue weighted by molar-refractivity contribution is 0.288. The van der Waals surface area contributed by atoms with Crippen LogP contribution in [0.2, 0.25) is 0 Å². The number of aromatic nitrogens is 3. The van der Waals surface area contributed by atoms with E-state index in [4.69, 9.17) is 29.0 Å². The molecular weight excluding hydrogens is 526 g/mol. The highest BCUT2D eigenvalue weighted by atomic mass is 16.5. The van der Waals surface area contributed by atoms with Crippen LogP contribution in [0.3, 0.4) is 0 Å². The third-order valence-corrected chi connectivity index (χ3v) is 7.23. The van der Waals surface area contributed by atoms with Crippen LogP contribution < -0.4 is 18.9 Å². The van der Waals surface area contributed by atoms with Crippen LogP contribution in [-0.4, -0.2) is 42.2 Å². The Balaban J connectivity index is 1.70. The summed E-state index contributed by atoms with van der Waals surface area (Å²) >= 11 is 0. The van der Waals surface area contributed by atoms with Crippen molar-refractivity contribution in [3.05, 3.63) is 102 Å². The molecule has 6 aromatic rings. The van der Waals surface area contributed by atoms with Crippen LogP contribution in [0.5, 0.6) is 23.0 Å². The number of methoxy groups -OCH3 is 2. The first-order chi connectivity index (χ1) is 20.6. The van der Waals surface area contributed by atoms with E-state index in [2.05, 4.69) is 24.3 Å². The molecule has 0 spiro atoms. The van der Waals surface area contributed by atoms with E-state index in [1.165, 1.54) is 5.56 Å². The van der Waals surface area contributed by atoms with Crippen LogP contribution in [0.25, 0.3) is 38.8 Å². The average Bonchev–Trinajstić information content (AvgIpc) is 3.40. The number of benzene rings is 4.